The van der Waals surface area contributed by atoms with E-state index in [2.05, 4.69) is 11.4 Å². The molecule has 114 valence electrons. The minimum absolute atomic E-state index is 0.0391. The quantitative estimate of drug-likeness (QED) is 0.828. The van der Waals surface area contributed by atoms with E-state index in [1.165, 1.54) is 0 Å². The van der Waals surface area contributed by atoms with Crippen LogP contribution >= 0.6 is 0 Å². The molecule has 5 nitrogen and oxygen atoms in total. The molecule has 0 aromatic heterocycles. The van der Waals surface area contributed by atoms with Crippen molar-refractivity contribution in [3.05, 3.63) is 29.3 Å². The summed E-state index contributed by atoms with van der Waals surface area (Å²) in [4.78, 5) is 11.4. The second-order valence-electron chi connectivity index (χ2n) is 5.60. The molecular weight excluding hydrogens is 270 g/mol. The molecule has 2 aliphatic rings. The molecule has 1 aromatic carbocycles. The number of aliphatic hydroxyl groups is 1. The smallest absolute Gasteiger partial charge is 0.306 e. The van der Waals surface area contributed by atoms with Crippen molar-refractivity contribution < 1.29 is 19.4 Å². The van der Waals surface area contributed by atoms with Crippen LogP contribution in [0.15, 0.2) is 18.2 Å². The second-order valence-corrected chi connectivity index (χ2v) is 5.60. The van der Waals surface area contributed by atoms with E-state index in [1.807, 2.05) is 19.1 Å². The minimum Gasteiger partial charge on any atom is -0.466 e. The number of ether oxygens (including phenoxy) is 2. The van der Waals surface area contributed by atoms with Crippen LogP contribution < -0.4 is 5.32 Å². The fraction of sp³-hybridized carbons (Fsp3) is 0.562. The number of aliphatic hydroxyl groups excluding tert-OH is 1. The number of nitrogens with one attached hydrogen (secondary N) is 1. The number of aryl methyl sites for hydroxylation is 1. The number of benzene rings is 1. The van der Waals surface area contributed by atoms with E-state index in [0.717, 1.165) is 23.2 Å². The van der Waals surface area contributed by atoms with Gasteiger partial charge < -0.3 is 19.9 Å². The molecular formula is C16H21NO4. The summed E-state index contributed by atoms with van der Waals surface area (Å²) in [5.41, 5.74) is 3.26. The molecule has 0 aliphatic carbocycles. The van der Waals surface area contributed by atoms with Crippen LogP contribution in [0.1, 0.15) is 37.0 Å². The van der Waals surface area contributed by atoms with E-state index >= 15 is 0 Å². The van der Waals surface area contributed by atoms with Crippen molar-refractivity contribution in [2.45, 2.75) is 44.4 Å². The van der Waals surface area contributed by atoms with Crippen molar-refractivity contribution in [2.75, 3.05) is 18.5 Å². The summed E-state index contributed by atoms with van der Waals surface area (Å²) >= 11 is 0. The number of hydrogen-bond donors (Lipinski definition) is 2. The van der Waals surface area contributed by atoms with Crippen LogP contribution in [0.5, 0.6) is 0 Å². The highest BCUT2D eigenvalue weighted by molar-refractivity contribution is 5.69. The fourth-order valence-electron chi connectivity index (χ4n) is 3.00. The lowest BCUT2D eigenvalue weighted by Crippen LogP contribution is -2.45. The summed E-state index contributed by atoms with van der Waals surface area (Å²) < 4.78 is 10.7. The van der Waals surface area contributed by atoms with Crippen LogP contribution in [0.25, 0.3) is 0 Å². The fourth-order valence-corrected chi connectivity index (χ4v) is 3.00. The first-order chi connectivity index (χ1) is 10.2. The average Bonchev–Trinajstić information content (AvgIpc) is 2.49. The highest BCUT2D eigenvalue weighted by Crippen LogP contribution is 2.39. The van der Waals surface area contributed by atoms with E-state index in [-0.39, 0.29) is 18.1 Å². The summed E-state index contributed by atoms with van der Waals surface area (Å²) in [5.74, 6) is -0.162. The molecule has 3 rings (SSSR count). The highest BCUT2D eigenvalue weighted by atomic mass is 16.5. The first-order valence-corrected chi connectivity index (χ1v) is 7.52. The molecule has 2 bridgehead atoms. The van der Waals surface area contributed by atoms with Crippen molar-refractivity contribution in [3.8, 4) is 0 Å². The van der Waals surface area contributed by atoms with Crippen LogP contribution in [0.3, 0.4) is 0 Å². The van der Waals surface area contributed by atoms with E-state index in [0.29, 0.717) is 26.1 Å². The van der Waals surface area contributed by atoms with Gasteiger partial charge in [0.2, 0.25) is 0 Å². The predicted octanol–water partition coefficient (Wildman–Crippen LogP) is 1.80. The van der Waals surface area contributed by atoms with Gasteiger partial charge in [-0.25, -0.2) is 0 Å². The van der Waals surface area contributed by atoms with Gasteiger partial charge >= 0.3 is 5.97 Å². The van der Waals surface area contributed by atoms with E-state index in [9.17, 15) is 9.90 Å². The number of anilines is 1. The summed E-state index contributed by atoms with van der Waals surface area (Å²) in [6.07, 6.45) is 1.45. The Kier molecular flexibility index (Phi) is 4.12. The van der Waals surface area contributed by atoms with E-state index < -0.39 is 6.10 Å². The molecule has 2 heterocycles. The van der Waals surface area contributed by atoms with Crippen LogP contribution in [0.4, 0.5) is 5.69 Å². The Morgan fingerprint density at radius 3 is 3.19 bits per heavy atom. The SMILES string of the molecule is CCOC(=O)CCc1ccc2c(c1)[C@@H]1C[C@H](N2)[C@@H](O)CO1. The zero-order valence-electron chi connectivity index (χ0n) is 12.2. The topological polar surface area (TPSA) is 67.8 Å². The van der Waals surface area contributed by atoms with Crippen molar-refractivity contribution in [3.63, 3.8) is 0 Å². The monoisotopic (exact) mass is 291 g/mol. The summed E-state index contributed by atoms with van der Waals surface area (Å²) in [6.45, 7) is 2.61. The van der Waals surface area contributed by atoms with Crippen LogP contribution in [0, 0.1) is 0 Å². The summed E-state index contributed by atoms with van der Waals surface area (Å²) in [7, 11) is 0. The molecule has 0 amide bonds. The standard InChI is InChI=1S/C16H21NO4/c1-2-20-16(19)6-4-10-3-5-12-11(7-10)15-8-13(17-12)14(18)9-21-15/h3,5,7,13-15,17-18H,2,4,6,8-9H2,1H3/t13-,14-,15-/m0/s1. The van der Waals surface area contributed by atoms with Crippen LogP contribution in [0.2, 0.25) is 0 Å². The third-order valence-corrected chi connectivity index (χ3v) is 4.13. The van der Waals surface area contributed by atoms with Gasteiger partial charge in [-0.15, -0.1) is 0 Å². The third kappa shape index (κ3) is 3.04. The predicted molar refractivity (Wildman–Crippen MR) is 78.1 cm³/mol. The van der Waals surface area contributed by atoms with Gasteiger partial charge in [0, 0.05) is 24.1 Å². The van der Waals surface area contributed by atoms with Gasteiger partial charge in [0.1, 0.15) is 0 Å². The van der Waals surface area contributed by atoms with Gasteiger partial charge in [-0.1, -0.05) is 12.1 Å². The Bertz CT molecular complexity index is 531. The molecule has 0 unspecified atom stereocenters. The van der Waals surface area contributed by atoms with E-state index in [4.69, 9.17) is 9.47 Å². The van der Waals surface area contributed by atoms with Gasteiger partial charge in [0.15, 0.2) is 0 Å². The number of carbonyl (C=O) groups excluding carboxylic acids is 1. The van der Waals surface area contributed by atoms with Crippen LogP contribution in [-0.4, -0.2) is 36.4 Å². The van der Waals surface area contributed by atoms with Crippen molar-refractivity contribution in [1.82, 2.24) is 0 Å². The Hall–Kier alpha value is -1.59. The van der Waals surface area contributed by atoms with Crippen molar-refractivity contribution >= 4 is 11.7 Å². The minimum atomic E-state index is -0.446. The molecule has 2 aliphatic heterocycles. The maximum Gasteiger partial charge on any atom is 0.306 e. The molecule has 21 heavy (non-hydrogen) atoms. The number of rotatable bonds is 4. The maximum atomic E-state index is 11.4. The maximum absolute atomic E-state index is 11.4. The van der Waals surface area contributed by atoms with Gasteiger partial charge in [0.05, 0.1) is 31.5 Å². The molecule has 1 saturated heterocycles. The Morgan fingerprint density at radius 2 is 2.38 bits per heavy atom. The molecule has 3 atom stereocenters. The van der Waals surface area contributed by atoms with Gasteiger partial charge in [-0.3, -0.25) is 4.79 Å². The average molecular weight is 291 g/mol. The molecule has 0 radical (unpaired) electrons. The van der Waals surface area contributed by atoms with Gasteiger partial charge in [-0.05, 0) is 25.0 Å². The Balaban J connectivity index is 1.71. The molecule has 0 saturated carbocycles. The Labute approximate surface area is 124 Å². The van der Waals surface area contributed by atoms with Gasteiger partial charge in [-0.2, -0.15) is 0 Å². The summed E-state index contributed by atoms with van der Waals surface area (Å²) in [6, 6.07) is 6.19. The highest BCUT2D eigenvalue weighted by Gasteiger charge is 2.36. The number of fused-ring (bicyclic) bond motifs is 4. The zero-order chi connectivity index (χ0) is 14.8. The number of carbonyl (C=O) groups is 1. The number of hydrogen-bond acceptors (Lipinski definition) is 5. The number of esters is 1. The molecule has 0 spiro atoms. The normalized spacial score (nSPS) is 26.7. The van der Waals surface area contributed by atoms with Crippen LogP contribution in [-0.2, 0) is 20.7 Å². The molecule has 1 aromatic rings. The lowest BCUT2D eigenvalue weighted by Gasteiger charge is -2.40. The first kappa shape index (κ1) is 14.4. The Morgan fingerprint density at radius 1 is 1.52 bits per heavy atom. The largest absolute Gasteiger partial charge is 0.466 e. The lowest BCUT2D eigenvalue weighted by molar-refractivity contribution is -0.143. The lowest BCUT2D eigenvalue weighted by atomic mass is 9.88. The molecule has 2 N–H and O–H groups in total. The van der Waals surface area contributed by atoms with E-state index in [1.54, 1.807) is 0 Å². The third-order valence-electron chi connectivity index (χ3n) is 4.13. The zero-order valence-corrected chi connectivity index (χ0v) is 12.2. The van der Waals surface area contributed by atoms with Crippen molar-refractivity contribution in [1.29, 1.82) is 0 Å². The molecule has 5 heteroatoms. The second kappa shape index (κ2) is 6.03. The molecule has 1 fully saturated rings. The van der Waals surface area contributed by atoms with Crippen molar-refractivity contribution in [2.24, 2.45) is 0 Å². The summed E-state index contributed by atoms with van der Waals surface area (Å²) in [5, 5.41) is 13.2. The van der Waals surface area contributed by atoms with Gasteiger partial charge in [0.25, 0.3) is 0 Å². The first-order valence-electron chi connectivity index (χ1n) is 7.52.